The van der Waals surface area contributed by atoms with Gasteiger partial charge in [0.05, 0.1) is 5.56 Å². The van der Waals surface area contributed by atoms with Gasteiger partial charge in [0.25, 0.3) is 0 Å². The first-order chi connectivity index (χ1) is 9.04. The Morgan fingerprint density at radius 1 is 1.37 bits per heavy atom. The monoisotopic (exact) mass is 320 g/mol. The molecule has 1 aromatic heterocycles. The quantitative estimate of drug-likeness (QED) is 0.905. The number of carbonyl (C=O) groups is 1. The summed E-state index contributed by atoms with van der Waals surface area (Å²) >= 11 is 3.41. The van der Waals surface area contributed by atoms with E-state index >= 15 is 0 Å². The van der Waals surface area contributed by atoms with Crippen LogP contribution < -0.4 is 5.32 Å². The van der Waals surface area contributed by atoms with Crippen molar-refractivity contribution in [3.8, 4) is 0 Å². The highest BCUT2D eigenvalue weighted by Gasteiger charge is 2.06. The second-order valence-electron chi connectivity index (χ2n) is 4.17. The largest absolute Gasteiger partial charge is 0.478 e. The third-order valence-corrected chi connectivity index (χ3v) is 3.06. The SMILES string of the molecule is Cc1cc(C(=O)O)cc(NCc2cccc(Br)c2)n1. The number of halogens is 1. The van der Waals surface area contributed by atoms with Gasteiger partial charge in [0.1, 0.15) is 5.82 Å². The van der Waals surface area contributed by atoms with Crippen LogP contribution in [0.4, 0.5) is 5.82 Å². The molecule has 0 spiro atoms. The van der Waals surface area contributed by atoms with Crippen molar-refractivity contribution in [2.24, 2.45) is 0 Å². The first-order valence-corrected chi connectivity index (χ1v) is 6.54. The van der Waals surface area contributed by atoms with E-state index in [1.165, 1.54) is 6.07 Å². The molecule has 2 aromatic rings. The van der Waals surface area contributed by atoms with Crippen LogP contribution in [0.5, 0.6) is 0 Å². The third-order valence-electron chi connectivity index (χ3n) is 2.56. The molecular weight excluding hydrogens is 308 g/mol. The minimum Gasteiger partial charge on any atom is -0.478 e. The summed E-state index contributed by atoms with van der Waals surface area (Å²) in [5.74, 6) is -0.381. The number of nitrogens with zero attached hydrogens (tertiary/aromatic N) is 1. The molecule has 98 valence electrons. The minimum atomic E-state index is -0.948. The average molecular weight is 321 g/mol. The van der Waals surface area contributed by atoms with Crippen molar-refractivity contribution in [3.05, 3.63) is 57.7 Å². The van der Waals surface area contributed by atoms with E-state index in [1.54, 1.807) is 13.0 Å². The molecule has 0 saturated heterocycles. The molecule has 5 heteroatoms. The minimum absolute atomic E-state index is 0.240. The number of pyridine rings is 1. The van der Waals surface area contributed by atoms with E-state index in [0.717, 1.165) is 10.0 Å². The number of anilines is 1. The maximum absolute atomic E-state index is 11.0. The van der Waals surface area contributed by atoms with Gasteiger partial charge in [-0.25, -0.2) is 9.78 Å². The van der Waals surface area contributed by atoms with E-state index in [9.17, 15) is 4.79 Å². The summed E-state index contributed by atoms with van der Waals surface area (Å²) in [6.07, 6.45) is 0. The van der Waals surface area contributed by atoms with Crippen molar-refractivity contribution >= 4 is 27.7 Å². The molecule has 2 rings (SSSR count). The van der Waals surface area contributed by atoms with Crippen LogP contribution in [0.1, 0.15) is 21.6 Å². The normalized spacial score (nSPS) is 10.2. The second-order valence-corrected chi connectivity index (χ2v) is 5.09. The summed E-state index contributed by atoms with van der Waals surface area (Å²) in [4.78, 5) is 15.2. The van der Waals surface area contributed by atoms with Crippen LogP contribution in [0.25, 0.3) is 0 Å². The molecular formula is C14H13BrN2O2. The smallest absolute Gasteiger partial charge is 0.335 e. The summed E-state index contributed by atoms with van der Waals surface area (Å²) in [6.45, 7) is 2.37. The fraction of sp³-hybridized carbons (Fsp3) is 0.143. The van der Waals surface area contributed by atoms with Gasteiger partial charge in [-0.2, -0.15) is 0 Å². The number of benzene rings is 1. The first kappa shape index (κ1) is 13.5. The number of carboxylic acids is 1. The molecule has 2 N–H and O–H groups in total. The van der Waals surface area contributed by atoms with Crippen molar-refractivity contribution in [2.75, 3.05) is 5.32 Å². The summed E-state index contributed by atoms with van der Waals surface area (Å²) in [5, 5.41) is 12.1. The Morgan fingerprint density at radius 3 is 2.84 bits per heavy atom. The summed E-state index contributed by atoms with van der Waals surface area (Å²) < 4.78 is 1.01. The van der Waals surface area contributed by atoms with E-state index in [-0.39, 0.29) is 5.56 Å². The zero-order valence-corrected chi connectivity index (χ0v) is 11.9. The van der Waals surface area contributed by atoms with Gasteiger partial charge < -0.3 is 10.4 Å². The number of hydrogen-bond acceptors (Lipinski definition) is 3. The Labute approximate surface area is 119 Å². The lowest BCUT2D eigenvalue weighted by atomic mass is 10.2. The van der Waals surface area contributed by atoms with Crippen LogP contribution in [-0.4, -0.2) is 16.1 Å². The number of aromatic carboxylic acids is 1. The molecule has 0 aliphatic heterocycles. The Kier molecular flexibility index (Phi) is 4.16. The molecule has 1 heterocycles. The van der Waals surface area contributed by atoms with E-state index < -0.39 is 5.97 Å². The van der Waals surface area contributed by atoms with E-state index in [2.05, 4.69) is 26.2 Å². The molecule has 19 heavy (non-hydrogen) atoms. The number of nitrogens with one attached hydrogen (secondary N) is 1. The maximum Gasteiger partial charge on any atom is 0.335 e. The summed E-state index contributed by atoms with van der Waals surface area (Å²) in [6, 6.07) is 11.0. The fourth-order valence-corrected chi connectivity index (χ4v) is 2.17. The number of rotatable bonds is 4. The van der Waals surface area contributed by atoms with Gasteiger partial charge in [-0.3, -0.25) is 0 Å². The lowest BCUT2D eigenvalue weighted by molar-refractivity contribution is 0.0696. The molecule has 1 aromatic carbocycles. The average Bonchev–Trinajstić information content (AvgIpc) is 2.36. The Bertz CT molecular complexity index is 614. The predicted molar refractivity (Wildman–Crippen MR) is 77.4 cm³/mol. The first-order valence-electron chi connectivity index (χ1n) is 5.75. The van der Waals surface area contributed by atoms with Crippen LogP contribution in [0.3, 0.4) is 0 Å². The number of carboxylic acid groups (broad SMARTS) is 1. The van der Waals surface area contributed by atoms with Crippen molar-refractivity contribution in [2.45, 2.75) is 13.5 Å². The Hall–Kier alpha value is -1.88. The standard InChI is InChI=1S/C14H13BrN2O2/c1-9-5-11(14(18)19)7-13(17-9)16-8-10-3-2-4-12(15)6-10/h2-7H,8H2,1H3,(H,16,17)(H,18,19). The highest BCUT2D eigenvalue weighted by Crippen LogP contribution is 2.14. The van der Waals surface area contributed by atoms with Gasteiger partial charge in [-0.1, -0.05) is 28.1 Å². The molecule has 0 fully saturated rings. The van der Waals surface area contributed by atoms with Gasteiger partial charge in [-0.15, -0.1) is 0 Å². The van der Waals surface area contributed by atoms with E-state index in [4.69, 9.17) is 5.11 Å². The second kappa shape index (κ2) is 5.84. The number of aromatic nitrogens is 1. The highest BCUT2D eigenvalue weighted by atomic mass is 79.9. The van der Waals surface area contributed by atoms with Crippen molar-refractivity contribution in [1.29, 1.82) is 0 Å². The highest BCUT2D eigenvalue weighted by molar-refractivity contribution is 9.10. The lowest BCUT2D eigenvalue weighted by Gasteiger charge is -2.08. The molecule has 0 atom stereocenters. The van der Waals surface area contributed by atoms with E-state index in [0.29, 0.717) is 18.1 Å². The molecule has 0 aliphatic rings. The third kappa shape index (κ3) is 3.79. The zero-order valence-electron chi connectivity index (χ0n) is 10.4. The predicted octanol–water partition coefficient (Wildman–Crippen LogP) is 3.46. The molecule has 0 saturated carbocycles. The van der Waals surface area contributed by atoms with E-state index in [1.807, 2.05) is 24.3 Å². The zero-order chi connectivity index (χ0) is 13.8. The van der Waals surface area contributed by atoms with Crippen LogP contribution >= 0.6 is 15.9 Å². The van der Waals surface area contributed by atoms with Gasteiger partial charge >= 0.3 is 5.97 Å². The summed E-state index contributed by atoms with van der Waals surface area (Å²) in [5.41, 5.74) is 2.01. The van der Waals surface area contributed by atoms with Crippen molar-refractivity contribution in [3.63, 3.8) is 0 Å². The van der Waals surface area contributed by atoms with Crippen molar-refractivity contribution < 1.29 is 9.90 Å². The molecule has 0 bridgehead atoms. The fourth-order valence-electron chi connectivity index (χ4n) is 1.72. The molecule has 0 unspecified atom stereocenters. The van der Waals surface area contributed by atoms with Gasteiger partial charge in [0.2, 0.25) is 0 Å². The number of aryl methyl sites for hydroxylation is 1. The van der Waals surface area contributed by atoms with Gasteiger partial charge in [-0.05, 0) is 36.8 Å². The summed E-state index contributed by atoms with van der Waals surface area (Å²) in [7, 11) is 0. The van der Waals surface area contributed by atoms with Crippen LogP contribution in [0, 0.1) is 6.92 Å². The molecule has 4 nitrogen and oxygen atoms in total. The lowest BCUT2D eigenvalue weighted by Crippen LogP contribution is -2.05. The Morgan fingerprint density at radius 2 is 2.16 bits per heavy atom. The van der Waals surface area contributed by atoms with Crippen LogP contribution in [-0.2, 0) is 6.54 Å². The van der Waals surface area contributed by atoms with Crippen LogP contribution in [0.15, 0.2) is 40.9 Å². The van der Waals surface area contributed by atoms with Crippen LogP contribution in [0.2, 0.25) is 0 Å². The van der Waals surface area contributed by atoms with Crippen molar-refractivity contribution in [1.82, 2.24) is 4.98 Å². The maximum atomic E-state index is 11.0. The number of hydrogen-bond donors (Lipinski definition) is 2. The molecule has 0 aliphatic carbocycles. The van der Waals surface area contributed by atoms with Gasteiger partial charge in [0, 0.05) is 16.7 Å². The molecule has 0 amide bonds. The topological polar surface area (TPSA) is 62.2 Å². The van der Waals surface area contributed by atoms with Gasteiger partial charge in [0.15, 0.2) is 0 Å². The Balaban J connectivity index is 2.13. The molecule has 0 radical (unpaired) electrons.